The van der Waals surface area contributed by atoms with Crippen LogP contribution in [0.4, 0.5) is 13.2 Å². The van der Waals surface area contributed by atoms with E-state index in [1.807, 2.05) is 0 Å². The van der Waals surface area contributed by atoms with Crippen molar-refractivity contribution in [2.75, 3.05) is 6.61 Å². The molecule has 0 saturated carbocycles. The number of hydrogen-bond acceptors (Lipinski definition) is 3. The minimum atomic E-state index is -4.47. The molecule has 0 aliphatic heterocycles. The van der Waals surface area contributed by atoms with Crippen LogP contribution in [-0.2, 0) is 15.7 Å². The zero-order chi connectivity index (χ0) is 17.0. The highest BCUT2D eigenvalue weighted by Gasteiger charge is 2.34. The van der Waals surface area contributed by atoms with Gasteiger partial charge in [-0.15, -0.1) is 0 Å². The molecule has 0 amide bonds. The molecule has 2 N–H and O–H groups in total. The maximum atomic E-state index is 13.2. The molecule has 0 fully saturated rings. The number of ether oxygens (including phenoxy) is 1. The first-order chi connectivity index (χ1) is 10.9. The molecule has 1 aromatic heterocycles. The van der Waals surface area contributed by atoms with Crippen LogP contribution in [0.3, 0.4) is 0 Å². The van der Waals surface area contributed by atoms with E-state index in [1.54, 1.807) is 6.92 Å². The third-order valence-corrected chi connectivity index (χ3v) is 3.64. The summed E-state index contributed by atoms with van der Waals surface area (Å²) in [5, 5.41) is 9.04. The van der Waals surface area contributed by atoms with E-state index in [2.05, 4.69) is 4.98 Å². The molecule has 124 valence electrons. The smallest absolute Gasteiger partial charge is 0.417 e. The largest absolute Gasteiger partial charge is 0.460 e. The first-order valence-corrected chi connectivity index (χ1v) is 6.94. The number of carbonyl (C=O) groups excluding carboxylic acids is 1. The van der Waals surface area contributed by atoms with Gasteiger partial charge in [0.25, 0.3) is 6.47 Å². The Morgan fingerprint density at radius 3 is 2.65 bits per heavy atom. The Balaban J connectivity index is 2.50. The first-order valence-electron chi connectivity index (χ1n) is 6.94. The zero-order valence-electron chi connectivity index (χ0n) is 12.4. The van der Waals surface area contributed by atoms with Crippen molar-refractivity contribution < 1.29 is 27.8 Å². The van der Waals surface area contributed by atoms with Crippen molar-refractivity contribution >= 4 is 6.47 Å². The minimum Gasteiger partial charge on any atom is -0.460 e. The predicted molar refractivity (Wildman–Crippen MR) is 77.6 cm³/mol. The van der Waals surface area contributed by atoms with Crippen LogP contribution in [0, 0.1) is 6.92 Å². The summed E-state index contributed by atoms with van der Waals surface area (Å²) in [6.45, 7) is 1.69. The molecule has 1 atom stereocenters. The lowest BCUT2D eigenvalue weighted by Gasteiger charge is -2.15. The van der Waals surface area contributed by atoms with Crippen LogP contribution in [-0.4, -0.2) is 23.2 Å². The molecule has 0 radical (unpaired) electrons. The fraction of sp³-hybridized carbons (Fsp3) is 0.312. The topological polar surface area (TPSA) is 62.3 Å². The van der Waals surface area contributed by atoms with Crippen molar-refractivity contribution in [1.82, 2.24) is 4.98 Å². The van der Waals surface area contributed by atoms with Crippen LogP contribution >= 0.6 is 0 Å². The van der Waals surface area contributed by atoms with Gasteiger partial charge in [-0.1, -0.05) is 18.2 Å². The van der Waals surface area contributed by atoms with Gasteiger partial charge in [0.2, 0.25) is 0 Å². The molecule has 23 heavy (non-hydrogen) atoms. The molecular formula is C16H16F3NO3. The van der Waals surface area contributed by atoms with Gasteiger partial charge in [-0.05, 0) is 18.6 Å². The van der Waals surface area contributed by atoms with Gasteiger partial charge >= 0.3 is 6.18 Å². The Morgan fingerprint density at radius 1 is 1.35 bits per heavy atom. The van der Waals surface area contributed by atoms with Crippen molar-refractivity contribution in [2.45, 2.75) is 25.6 Å². The average molecular weight is 327 g/mol. The minimum absolute atomic E-state index is 0.0256. The van der Waals surface area contributed by atoms with E-state index in [1.165, 1.54) is 24.4 Å². The maximum Gasteiger partial charge on any atom is 0.417 e. The molecule has 2 aromatic rings. The third kappa shape index (κ3) is 3.56. The van der Waals surface area contributed by atoms with Gasteiger partial charge in [-0.3, -0.25) is 4.79 Å². The quantitative estimate of drug-likeness (QED) is 0.797. The highest BCUT2D eigenvalue weighted by atomic mass is 19.4. The van der Waals surface area contributed by atoms with E-state index >= 15 is 0 Å². The molecule has 0 saturated heterocycles. The Labute approximate surface area is 130 Å². The van der Waals surface area contributed by atoms with Crippen molar-refractivity contribution in [3.8, 4) is 11.3 Å². The third-order valence-electron chi connectivity index (χ3n) is 3.64. The predicted octanol–water partition coefficient (Wildman–Crippen LogP) is 3.61. The summed E-state index contributed by atoms with van der Waals surface area (Å²) in [5.74, 6) is 0. The number of halogens is 3. The van der Waals surface area contributed by atoms with E-state index in [0.717, 1.165) is 6.07 Å². The SMILES string of the molecule is Cc1c(C(CCO)OC=O)c[nH]c1-c1ccccc1C(F)(F)F. The number of nitrogens with one attached hydrogen (secondary N) is 1. The summed E-state index contributed by atoms with van der Waals surface area (Å²) in [6, 6.07) is 5.25. The van der Waals surface area contributed by atoms with Crippen LogP contribution in [0.15, 0.2) is 30.5 Å². The van der Waals surface area contributed by atoms with Gasteiger partial charge in [0.1, 0.15) is 6.10 Å². The molecule has 1 heterocycles. The van der Waals surface area contributed by atoms with Gasteiger partial charge in [0.15, 0.2) is 0 Å². The number of aromatic nitrogens is 1. The van der Waals surface area contributed by atoms with Crippen LogP contribution in [0.5, 0.6) is 0 Å². The number of alkyl halides is 3. The molecule has 1 aromatic carbocycles. The number of rotatable bonds is 6. The molecule has 4 nitrogen and oxygen atoms in total. The van der Waals surface area contributed by atoms with Gasteiger partial charge in [-0.25, -0.2) is 0 Å². The number of H-pyrrole nitrogens is 1. The molecule has 2 rings (SSSR count). The van der Waals surface area contributed by atoms with Crippen molar-refractivity contribution in [2.24, 2.45) is 0 Å². The normalized spacial score (nSPS) is 12.9. The molecule has 0 spiro atoms. The average Bonchev–Trinajstić information content (AvgIpc) is 2.88. The van der Waals surface area contributed by atoms with Crippen molar-refractivity contribution in [3.05, 3.63) is 47.2 Å². The van der Waals surface area contributed by atoms with E-state index in [4.69, 9.17) is 9.84 Å². The van der Waals surface area contributed by atoms with Gasteiger partial charge in [0, 0.05) is 36.0 Å². The molecule has 0 aliphatic carbocycles. The summed E-state index contributed by atoms with van der Waals surface area (Å²) in [4.78, 5) is 13.4. The number of carbonyl (C=O) groups is 1. The Bertz CT molecular complexity index is 679. The van der Waals surface area contributed by atoms with E-state index in [-0.39, 0.29) is 25.1 Å². The summed E-state index contributed by atoms with van der Waals surface area (Å²) < 4.78 is 44.4. The van der Waals surface area contributed by atoms with E-state index in [0.29, 0.717) is 16.8 Å². The van der Waals surface area contributed by atoms with Gasteiger partial charge in [-0.2, -0.15) is 13.2 Å². The van der Waals surface area contributed by atoms with Crippen molar-refractivity contribution in [3.63, 3.8) is 0 Å². The second-order valence-corrected chi connectivity index (χ2v) is 5.02. The summed E-state index contributed by atoms with van der Waals surface area (Å²) in [7, 11) is 0. The lowest BCUT2D eigenvalue weighted by atomic mass is 9.98. The number of aliphatic hydroxyl groups excluding tert-OH is 1. The van der Waals surface area contributed by atoms with Crippen LogP contribution in [0.1, 0.15) is 29.2 Å². The van der Waals surface area contributed by atoms with E-state index in [9.17, 15) is 18.0 Å². The molecule has 1 unspecified atom stereocenters. The Kier molecular flexibility index (Phi) is 5.10. The van der Waals surface area contributed by atoms with Crippen LogP contribution < -0.4 is 0 Å². The fourth-order valence-corrected chi connectivity index (χ4v) is 2.55. The van der Waals surface area contributed by atoms with E-state index < -0.39 is 17.8 Å². The summed E-state index contributed by atoms with van der Waals surface area (Å²) in [5.41, 5.74) is 0.676. The zero-order valence-corrected chi connectivity index (χ0v) is 12.4. The summed E-state index contributed by atoms with van der Waals surface area (Å²) >= 11 is 0. The highest BCUT2D eigenvalue weighted by molar-refractivity contribution is 5.69. The lowest BCUT2D eigenvalue weighted by molar-refractivity contribution is -0.137. The second-order valence-electron chi connectivity index (χ2n) is 5.02. The molecular weight excluding hydrogens is 311 g/mol. The first kappa shape index (κ1) is 17.1. The Morgan fingerprint density at radius 2 is 2.04 bits per heavy atom. The maximum absolute atomic E-state index is 13.2. The van der Waals surface area contributed by atoms with Crippen LogP contribution in [0.2, 0.25) is 0 Å². The number of benzene rings is 1. The molecule has 0 bridgehead atoms. The molecule has 7 heteroatoms. The highest BCUT2D eigenvalue weighted by Crippen LogP contribution is 2.39. The van der Waals surface area contributed by atoms with Gasteiger partial charge in [0.05, 0.1) is 5.56 Å². The standard InChI is InChI=1S/C16H16F3NO3/c1-10-12(14(6-7-21)23-9-22)8-20-15(10)11-4-2-3-5-13(11)16(17,18)19/h2-5,8-9,14,20-21H,6-7H2,1H3. The second kappa shape index (κ2) is 6.87. The summed E-state index contributed by atoms with van der Waals surface area (Å²) in [6.07, 6.45) is -3.52. The van der Waals surface area contributed by atoms with Crippen molar-refractivity contribution in [1.29, 1.82) is 0 Å². The molecule has 0 aliphatic rings. The monoisotopic (exact) mass is 327 g/mol. The Hall–Kier alpha value is -2.28. The van der Waals surface area contributed by atoms with Gasteiger partial charge < -0.3 is 14.8 Å². The van der Waals surface area contributed by atoms with Crippen LogP contribution in [0.25, 0.3) is 11.3 Å². The number of aliphatic hydroxyl groups is 1. The number of hydrogen-bond donors (Lipinski definition) is 2. The number of aromatic amines is 1. The lowest BCUT2D eigenvalue weighted by Crippen LogP contribution is -2.08. The fourth-order valence-electron chi connectivity index (χ4n) is 2.55.